The molecular weight excluding hydrogens is 202 g/mol. The number of hydrogen-bond donors (Lipinski definition) is 1. The Hall–Kier alpha value is -1.00. The maximum Gasteiger partial charge on any atom is 0.130 e. The summed E-state index contributed by atoms with van der Waals surface area (Å²) in [5, 5.41) is 3.42. The van der Waals surface area contributed by atoms with Crippen molar-refractivity contribution in [1.82, 2.24) is 15.3 Å². The highest BCUT2D eigenvalue weighted by molar-refractivity contribution is 5.10. The average Bonchev–Trinajstić information content (AvgIpc) is 2.29. The standard InChI is InChI=1S/C12H19N3O/c1-3-10-6-9(2)14-12(15-10)7-11-8-16-5-4-13-11/h6,11,13H,3-5,7-8H2,1-2H3. The number of morpholine rings is 1. The van der Waals surface area contributed by atoms with Gasteiger partial charge in [0, 0.05) is 30.4 Å². The van der Waals surface area contributed by atoms with Crippen molar-refractivity contribution in [3.8, 4) is 0 Å². The molecule has 1 aromatic heterocycles. The van der Waals surface area contributed by atoms with E-state index in [9.17, 15) is 0 Å². The highest BCUT2D eigenvalue weighted by Gasteiger charge is 2.15. The van der Waals surface area contributed by atoms with Crippen LogP contribution in [-0.2, 0) is 17.6 Å². The Morgan fingerprint density at radius 3 is 3.06 bits per heavy atom. The first-order valence-electron chi connectivity index (χ1n) is 5.92. The maximum absolute atomic E-state index is 5.42. The predicted octanol–water partition coefficient (Wildman–Crippen LogP) is 0.878. The summed E-state index contributed by atoms with van der Waals surface area (Å²) in [6.45, 7) is 6.64. The summed E-state index contributed by atoms with van der Waals surface area (Å²) in [4.78, 5) is 9.01. The molecule has 1 aromatic rings. The molecule has 0 saturated carbocycles. The van der Waals surface area contributed by atoms with E-state index in [0.29, 0.717) is 6.04 Å². The Bertz CT molecular complexity index is 348. The van der Waals surface area contributed by atoms with Crippen LogP contribution in [0.15, 0.2) is 6.07 Å². The summed E-state index contributed by atoms with van der Waals surface area (Å²) < 4.78 is 5.42. The molecule has 4 heteroatoms. The van der Waals surface area contributed by atoms with Crippen LogP contribution in [0.1, 0.15) is 24.1 Å². The monoisotopic (exact) mass is 221 g/mol. The quantitative estimate of drug-likeness (QED) is 0.823. The second kappa shape index (κ2) is 5.37. The van der Waals surface area contributed by atoms with Gasteiger partial charge in [-0.15, -0.1) is 0 Å². The molecule has 1 unspecified atom stereocenters. The lowest BCUT2D eigenvalue weighted by Crippen LogP contribution is -2.42. The molecule has 0 amide bonds. The second-order valence-corrected chi connectivity index (χ2v) is 4.20. The first-order valence-corrected chi connectivity index (χ1v) is 5.92. The summed E-state index contributed by atoms with van der Waals surface area (Å²) in [6.07, 6.45) is 1.82. The third-order valence-corrected chi connectivity index (χ3v) is 2.74. The summed E-state index contributed by atoms with van der Waals surface area (Å²) in [5.74, 6) is 0.930. The SMILES string of the molecule is CCc1cc(C)nc(CC2COCCN2)n1. The van der Waals surface area contributed by atoms with Gasteiger partial charge in [0.25, 0.3) is 0 Å². The van der Waals surface area contributed by atoms with E-state index in [2.05, 4.69) is 22.2 Å². The highest BCUT2D eigenvalue weighted by Crippen LogP contribution is 2.05. The van der Waals surface area contributed by atoms with Gasteiger partial charge in [-0.05, 0) is 19.4 Å². The van der Waals surface area contributed by atoms with Gasteiger partial charge in [0.15, 0.2) is 0 Å². The van der Waals surface area contributed by atoms with E-state index in [1.54, 1.807) is 0 Å². The maximum atomic E-state index is 5.42. The first-order chi connectivity index (χ1) is 7.78. The molecule has 0 bridgehead atoms. The van der Waals surface area contributed by atoms with Gasteiger partial charge in [0.1, 0.15) is 5.82 Å². The van der Waals surface area contributed by atoms with Crippen molar-refractivity contribution in [3.05, 3.63) is 23.3 Å². The first kappa shape index (κ1) is 11.5. The zero-order valence-corrected chi connectivity index (χ0v) is 9.99. The smallest absolute Gasteiger partial charge is 0.130 e. The summed E-state index contributed by atoms with van der Waals surface area (Å²) in [5.41, 5.74) is 2.18. The zero-order valence-electron chi connectivity index (χ0n) is 9.99. The van der Waals surface area contributed by atoms with Crippen molar-refractivity contribution < 1.29 is 4.74 Å². The van der Waals surface area contributed by atoms with Crippen molar-refractivity contribution >= 4 is 0 Å². The predicted molar refractivity (Wildman–Crippen MR) is 62.5 cm³/mol. The minimum Gasteiger partial charge on any atom is -0.379 e. The molecular formula is C12H19N3O. The fraction of sp³-hybridized carbons (Fsp3) is 0.667. The van der Waals surface area contributed by atoms with Crippen LogP contribution in [0.2, 0.25) is 0 Å². The summed E-state index contributed by atoms with van der Waals surface area (Å²) in [6, 6.07) is 2.41. The molecule has 0 radical (unpaired) electrons. The molecule has 1 atom stereocenters. The second-order valence-electron chi connectivity index (χ2n) is 4.20. The molecule has 1 saturated heterocycles. The normalized spacial score (nSPS) is 21.0. The number of hydrogen-bond acceptors (Lipinski definition) is 4. The van der Waals surface area contributed by atoms with E-state index >= 15 is 0 Å². The Morgan fingerprint density at radius 1 is 1.50 bits per heavy atom. The lowest BCUT2D eigenvalue weighted by atomic mass is 10.2. The molecule has 0 aromatic carbocycles. The van der Waals surface area contributed by atoms with Crippen LogP contribution in [0.5, 0.6) is 0 Å². The van der Waals surface area contributed by atoms with E-state index in [4.69, 9.17) is 4.74 Å². The van der Waals surface area contributed by atoms with Crippen LogP contribution >= 0.6 is 0 Å². The molecule has 0 spiro atoms. The summed E-state index contributed by atoms with van der Waals surface area (Å²) >= 11 is 0. The number of aryl methyl sites for hydroxylation is 2. The molecule has 1 aliphatic heterocycles. The Labute approximate surface area is 96.4 Å². The highest BCUT2D eigenvalue weighted by atomic mass is 16.5. The van der Waals surface area contributed by atoms with E-state index in [0.717, 1.165) is 49.8 Å². The van der Waals surface area contributed by atoms with Crippen LogP contribution in [-0.4, -0.2) is 35.8 Å². The van der Waals surface area contributed by atoms with Gasteiger partial charge in [-0.1, -0.05) is 6.92 Å². The van der Waals surface area contributed by atoms with Gasteiger partial charge >= 0.3 is 0 Å². The number of ether oxygens (including phenoxy) is 1. The Balaban J connectivity index is 2.04. The molecule has 1 fully saturated rings. The number of rotatable bonds is 3. The Kier molecular flexibility index (Phi) is 3.85. The van der Waals surface area contributed by atoms with E-state index in [1.807, 2.05) is 13.0 Å². The van der Waals surface area contributed by atoms with Crippen molar-refractivity contribution in [3.63, 3.8) is 0 Å². The molecule has 16 heavy (non-hydrogen) atoms. The van der Waals surface area contributed by atoms with E-state index in [-0.39, 0.29) is 0 Å². The minimum atomic E-state index is 0.361. The fourth-order valence-electron chi connectivity index (χ4n) is 1.94. The van der Waals surface area contributed by atoms with E-state index < -0.39 is 0 Å². The van der Waals surface area contributed by atoms with Crippen molar-refractivity contribution in [2.45, 2.75) is 32.7 Å². The average molecular weight is 221 g/mol. The summed E-state index contributed by atoms with van der Waals surface area (Å²) in [7, 11) is 0. The lowest BCUT2D eigenvalue weighted by molar-refractivity contribution is 0.0763. The molecule has 0 aliphatic carbocycles. The van der Waals surface area contributed by atoms with Crippen molar-refractivity contribution in [1.29, 1.82) is 0 Å². The van der Waals surface area contributed by atoms with Crippen LogP contribution in [0.3, 0.4) is 0 Å². The molecule has 2 heterocycles. The zero-order chi connectivity index (χ0) is 11.4. The van der Waals surface area contributed by atoms with E-state index in [1.165, 1.54) is 0 Å². The number of nitrogens with zero attached hydrogens (tertiary/aromatic N) is 2. The third kappa shape index (κ3) is 3.00. The fourth-order valence-corrected chi connectivity index (χ4v) is 1.94. The van der Waals surface area contributed by atoms with Gasteiger partial charge in [0.2, 0.25) is 0 Å². The van der Waals surface area contributed by atoms with Crippen LogP contribution in [0, 0.1) is 6.92 Å². The largest absolute Gasteiger partial charge is 0.379 e. The van der Waals surface area contributed by atoms with Crippen LogP contribution < -0.4 is 5.32 Å². The van der Waals surface area contributed by atoms with Gasteiger partial charge in [-0.2, -0.15) is 0 Å². The molecule has 1 aliphatic rings. The Morgan fingerprint density at radius 2 is 2.38 bits per heavy atom. The topological polar surface area (TPSA) is 47.0 Å². The lowest BCUT2D eigenvalue weighted by Gasteiger charge is -2.23. The van der Waals surface area contributed by atoms with Gasteiger partial charge in [-0.25, -0.2) is 9.97 Å². The van der Waals surface area contributed by atoms with Gasteiger partial charge in [0.05, 0.1) is 13.2 Å². The number of nitrogens with one attached hydrogen (secondary N) is 1. The third-order valence-electron chi connectivity index (χ3n) is 2.74. The van der Waals surface area contributed by atoms with Crippen LogP contribution in [0.25, 0.3) is 0 Å². The van der Waals surface area contributed by atoms with Gasteiger partial charge in [-0.3, -0.25) is 0 Å². The minimum absolute atomic E-state index is 0.361. The number of aromatic nitrogens is 2. The molecule has 88 valence electrons. The van der Waals surface area contributed by atoms with Crippen molar-refractivity contribution in [2.24, 2.45) is 0 Å². The van der Waals surface area contributed by atoms with Crippen LogP contribution in [0.4, 0.5) is 0 Å². The molecule has 1 N–H and O–H groups in total. The van der Waals surface area contributed by atoms with Crippen molar-refractivity contribution in [2.75, 3.05) is 19.8 Å². The van der Waals surface area contributed by atoms with Gasteiger partial charge < -0.3 is 10.1 Å². The molecule has 4 nitrogen and oxygen atoms in total. The molecule has 2 rings (SSSR count).